The fourth-order valence-electron chi connectivity index (χ4n) is 1.67. The fourth-order valence-corrected chi connectivity index (χ4v) is 2.31. The Kier molecular flexibility index (Phi) is 2.74. The molecule has 0 aliphatic heterocycles. The molecule has 0 aromatic carbocycles. The van der Waals surface area contributed by atoms with Gasteiger partial charge in [0.15, 0.2) is 0 Å². The Labute approximate surface area is 92.7 Å². The molecule has 1 fully saturated rings. The minimum Gasteiger partial charge on any atom is -0.350 e. The van der Waals surface area contributed by atoms with Gasteiger partial charge >= 0.3 is 0 Å². The van der Waals surface area contributed by atoms with E-state index in [1.165, 1.54) is 0 Å². The van der Waals surface area contributed by atoms with Gasteiger partial charge in [-0.1, -0.05) is 6.07 Å². The van der Waals surface area contributed by atoms with Gasteiger partial charge in [-0.05, 0) is 30.7 Å². The molecule has 0 spiro atoms. The molecule has 1 aromatic rings. The first-order valence-electron chi connectivity index (χ1n) is 4.99. The summed E-state index contributed by atoms with van der Waals surface area (Å²) in [5, 5.41) is 13.8. The molecule has 0 bridgehead atoms. The average Bonchev–Trinajstić information content (AvgIpc) is 2.66. The first kappa shape index (κ1) is 10.2. The normalized spacial score (nSPS) is 17.5. The topological polar surface area (TPSA) is 52.9 Å². The highest BCUT2D eigenvalue weighted by molar-refractivity contribution is 7.09. The van der Waals surface area contributed by atoms with Crippen LogP contribution in [0.1, 0.15) is 24.1 Å². The standard InChI is InChI=1S/C11H12N2OS/c12-8-11(4-2-5-11)10(14)13-7-9-3-1-6-15-9/h1,3,6H,2,4-5,7H2,(H,13,14). The number of hydrogen-bond donors (Lipinski definition) is 1. The van der Waals surface area contributed by atoms with Crippen LogP contribution in [0, 0.1) is 16.7 Å². The minimum atomic E-state index is -0.725. The molecule has 78 valence electrons. The molecule has 1 amide bonds. The monoisotopic (exact) mass is 220 g/mol. The molecule has 0 saturated heterocycles. The van der Waals surface area contributed by atoms with Crippen LogP contribution in [-0.4, -0.2) is 5.91 Å². The highest BCUT2D eigenvalue weighted by Crippen LogP contribution is 2.40. The summed E-state index contributed by atoms with van der Waals surface area (Å²) in [5.41, 5.74) is -0.725. The Morgan fingerprint density at radius 2 is 2.47 bits per heavy atom. The van der Waals surface area contributed by atoms with Crippen molar-refractivity contribution in [1.82, 2.24) is 5.32 Å². The molecular formula is C11H12N2OS. The van der Waals surface area contributed by atoms with Gasteiger partial charge in [-0.3, -0.25) is 4.79 Å². The van der Waals surface area contributed by atoms with Crippen LogP contribution < -0.4 is 5.32 Å². The number of nitriles is 1. The van der Waals surface area contributed by atoms with Gasteiger partial charge < -0.3 is 5.32 Å². The van der Waals surface area contributed by atoms with E-state index in [1.807, 2.05) is 17.5 Å². The first-order chi connectivity index (χ1) is 7.27. The van der Waals surface area contributed by atoms with Crippen LogP contribution in [0.4, 0.5) is 0 Å². The Bertz CT molecular complexity index is 387. The maximum Gasteiger partial charge on any atom is 0.240 e. The molecule has 1 heterocycles. The van der Waals surface area contributed by atoms with Crippen molar-refractivity contribution in [3.63, 3.8) is 0 Å². The first-order valence-corrected chi connectivity index (χ1v) is 5.87. The smallest absolute Gasteiger partial charge is 0.240 e. The third-order valence-corrected chi connectivity index (χ3v) is 3.74. The Balaban J connectivity index is 1.90. The van der Waals surface area contributed by atoms with Crippen LogP contribution in [0.25, 0.3) is 0 Å². The maximum atomic E-state index is 11.7. The molecule has 1 aromatic heterocycles. The number of amides is 1. The van der Waals surface area contributed by atoms with Gasteiger partial charge in [-0.2, -0.15) is 5.26 Å². The van der Waals surface area contributed by atoms with Gasteiger partial charge in [0.25, 0.3) is 0 Å². The SMILES string of the molecule is N#CC1(C(=O)NCc2cccs2)CCC1. The quantitative estimate of drug-likeness (QED) is 0.847. The Morgan fingerprint density at radius 3 is 2.93 bits per heavy atom. The van der Waals surface area contributed by atoms with Crippen molar-refractivity contribution >= 4 is 17.2 Å². The van der Waals surface area contributed by atoms with Gasteiger partial charge in [0.05, 0.1) is 12.6 Å². The number of rotatable bonds is 3. The Hall–Kier alpha value is -1.34. The van der Waals surface area contributed by atoms with Crippen LogP contribution in [0.15, 0.2) is 17.5 Å². The molecule has 3 nitrogen and oxygen atoms in total. The van der Waals surface area contributed by atoms with Crippen molar-refractivity contribution in [1.29, 1.82) is 5.26 Å². The third-order valence-electron chi connectivity index (χ3n) is 2.86. The number of nitrogens with one attached hydrogen (secondary N) is 1. The number of thiophene rings is 1. The lowest BCUT2D eigenvalue weighted by molar-refractivity contribution is -0.131. The number of carbonyl (C=O) groups excluding carboxylic acids is 1. The summed E-state index contributed by atoms with van der Waals surface area (Å²) in [5.74, 6) is -0.107. The van der Waals surface area contributed by atoms with Gasteiger partial charge in [0, 0.05) is 4.88 Å². The molecular weight excluding hydrogens is 208 g/mol. The number of nitrogens with zero attached hydrogens (tertiary/aromatic N) is 1. The summed E-state index contributed by atoms with van der Waals surface area (Å²) in [7, 11) is 0. The minimum absolute atomic E-state index is 0.107. The van der Waals surface area contributed by atoms with E-state index in [0.29, 0.717) is 19.4 Å². The molecule has 1 aliphatic rings. The molecule has 4 heteroatoms. The van der Waals surface area contributed by atoms with Crippen molar-refractivity contribution in [3.05, 3.63) is 22.4 Å². The average molecular weight is 220 g/mol. The molecule has 2 rings (SSSR count). The van der Waals surface area contributed by atoms with Gasteiger partial charge in [0.2, 0.25) is 5.91 Å². The Morgan fingerprint density at radius 1 is 1.67 bits per heavy atom. The van der Waals surface area contributed by atoms with Gasteiger partial charge in [-0.15, -0.1) is 11.3 Å². The zero-order valence-electron chi connectivity index (χ0n) is 8.32. The van der Waals surface area contributed by atoms with E-state index in [0.717, 1.165) is 11.3 Å². The second kappa shape index (κ2) is 4.03. The van der Waals surface area contributed by atoms with Crippen LogP contribution in [0.2, 0.25) is 0 Å². The lowest BCUT2D eigenvalue weighted by Gasteiger charge is -2.33. The van der Waals surface area contributed by atoms with Crippen molar-refractivity contribution in [3.8, 4) is 6.07 Å². The second-order valence-electron chi connectivity index (χ2n) is 3.81. The third kappa shape index (κ3) is 1.88. The highest BCUT2D eigenvalue weighted by atomic mass is 32.1. The summed E-state index contributed by atoms with van der Waals surface area (Å²) >= 11 is 1.61. The van der Waals surface area contributed by atoms with E-state index in [-0.39, 0.29) is 5.91 Å². The van der Waals surface area contributed by atoms with Gasteiger partial charge in [-0.25, -0.2) is 0 Å². The van der Waals surface area contributed by atoms with E-state index >= 15 is 0 Å². The van der Waals surface area contributed by atoms with Crippen molar-refractivity contribution < 1.29 is 4.79 Å². The summed E-state index contributed by atoms with van der Waals surface area (Å²) in [6.45, 7) is 0.542. The largest absolute Gasteiger partial charge is 0.350 e. The fraction of sp³-hybridized carbons (Fsp3) is 0.455. The predicted octanol–water partition coefficient (Wildman–Crippen LogP) is 2.06. The molecule has 1 saturated carbocycles. The van der Waals surface area contributed by atoms with Crippen molar-refractivity contribution in [2.45, 2.75) is 25.8 Å². The number of hydrogen-bond acceptors (Lipinski definition) is 3. The highest BCUT2D eigenvalue weighted by Gasteiger charge is 2.44. The van der Waals surface area contributed by atoms with E-state index < -0.39 is 5.41 Å². The predicted molar refractivity (Wildman–Crippen MR) is 58.1 cm³/mol. The van der Waals surface area contributed by atoms with E-state index in [1.54, 1.807) is 11.3 Å². The summed E-state index contributed by atoms with van der Waals surface area (Å²) in [6.07, 6.45) is 2.40. The molecule has 15 heavy (non-hydrogen) atoms. The molecule has 0 unspecified atom stereocenters. The van der Waals surface area contributed by atoms with E-state index in [2.05, 4.69) is 11.4 Å². The van der Waals surface area contributed by atoms with E-state index in [4.69, 9.17) is 5.26 Å². The lowest BCUT2D eigenvalue weighted by Crippen LogP contribution is -2.44. The number of carbonyl (C=O) groups is 1. The zero-order chi connectivity index (χ0) is 10.7. The maximum absolute atomic E-state index is 11.7. The molecule has 1 N–H and O–H groups in total. The molecule has 1 aliphatic carbocycles. The van der Waals surface area contributed by atoms with Crippen molar-refractivity contribution in [2.75, 3.05) is 0 Å². The summed E-state index contributed by atoms with van der Waals surface area (Å²) in [6, 6.07) is 6.07. The summed E-state index contributed by atoms with van der Waals surface area (Å²) < 4.78 is 0. The van der Waals surface area contributed by atoms with Crippen LogP contribution in [-0.2, 0) is 11.3 Å². The molecule has 0 atom stereocenters. The van der Waals surface area contributed by atoms with Gasteiger partial charge in [0.1, 0.15) is 5.41 Å². The lowest BCUT2D eigenvalue weighted by atomic mass is 9.69. The molecule has 0 radical (unpaired) electrons. The summed E-state index contributed by atoms with van der Waals surface area (Å²) in [4.78, 5) is 12.9. The van der Waals surface area contributed by atoms with Crippen LogP contribution >= 0.6 is 11.3 Å². The second-order valence-corrected chi connectivity index (χ2v) is 4.84. The van der Waals surface area contributed by atoms with Crippen LogP contribution in [0.5, 0.6) is 0 Å². The van der Waals surface area contributed by atoms with Crippen molar-refractivity contribution in [2.24, 2.45) is 5.41 Å². The zero-order valence-corrected chi connectivity index (χ0v) is 9.14. The van der Waals surface area contributed by atoms with Crippen LogP contribution in [0.3, 0.4) is 0 Å². The van der Waals surface area contributed by atoms with E-state index in [9.17, 15) is 4.79 Å².